The van der Waals surface area contributed by atoms with E-state index in [0.29, 0.717) is 32.5 Å². The van der Waals surface area contributed by atoms with Gasteiger partial charge < -0.3 is 30.5 Å². The molecule has 1 aliphatic carbocycles. The van der Waals surface area contributed by atoms with E-state index in [1.165, 1.54) is 71.1 Å². The van der Waals surface area contributed by atoms with Crippen molar-refractivity contribution in [2.24, 2.45) is 5.92 Å². The van der Waals surface area contributed by atoms with Gasteiger partial charge in [0.25, 0.3) is 0 Å². The van der Waals surface area contributed by atoms with Gasteiger partial charge in [-0.25, -0.2) is 9.59 Å². The Balaban J connectivity index is 0.00000123. The van der Waals surface area contributed by atoms with E-state index >= 15 is 0 Å². The number of hydrogen-bond donors (Lipinski definition) is 3. The lowest BCUT2D eigenvalue weighted by atomic mass is 10.0. The van der Waals surface area contributed by atoms with Crippen LogP contribution >= 0.6 is 0 Å². The summed E-state index contributed by atoms with van der Waals surface area (Å²) in [7, 11) is 1.86. The SMILES string of the molecule is C1CCCCC1.CC.CCCC(C)CCC.CCOC(=O)C(C)NC(=O)NC(C)CC(=O)N1CCC(N(C=O)Cc2ccccc2NC)CC1. The van der Waals surface area contributed by atoms with Crippen molar-refractivity contribution in [1.29, 1.82) is 0 Å². The van der Waals surface area contributed by atoms with E-state index in [9.17, 15) is 19.2 Å². The second kappa shape index (κ2) is 29.4. The molecule has 2 atom stereocenters. The summed E-state index contributed by atoms with van der Waals surface area (Å²) in [5, 5.41) is 8.34. The highest BCUT2D eigenvalue weighted by molar-refractivity contribution is 5.84. The molecule has 1 saturated carbocycles. The fourth-order valence-corrected chi connectivity index (χ4v) is 6.22. The third-order valence-corrected chi connectivity index (χ3v) is 8.97. The summed E-state index contributed by atoms with van der Waals surface area (Å²) in [4.78, 5) is 51.8. The van der Waals surface area contributed by atoms with Crippen LogP contribution in [0.2, 0.25) is 0 Å². The number of urea groups is 1. The van der Waals surface area contributed by atoms with E-state index < -0.39 is 24.1 Å². The normalized spacial score (nSPS) is 15.3. The van der Waals surface area contributed by atoms with E-state index in [0.717, 1.165) is 23.6 Å². The van der Waals surface area contributed by atoms with E-state index in [-0.39, 0.29) is 25.0 Å². The van der Waals surface area contributed by atoms with E-state index in [2.05, 4.69) is 36.7 Å². The van der Waals surface area contributed by atoms with Gasteiger partial charge in [-0.05, 0) is 51.2 Å². The highest BCUT2D eigenvalue weighted by Gasteiger charge is 2.28. The van der Waals surface area contributed by atoms with Crippen LogP contribution in [0.15, 0.2) is 24.3 Å². The second-order valence-corrected chi connectivity index (χ2v) is 13.3. The first-order valence-corrected chi connectivity index (χ1v) is 19.6. The molecule has 0 aromatic heterocycles. The number of nitrogens with one attached hydrogen (secondary N) is 3. The average Bonchev–Trinajstić information content (AvgIpc) is 3.13. The molecule has 1 aliphatic heterocycles. The molecule has 2 unspecified atom stereocenters. The molecule has 1 heterocycles. The third-order valence-electron chi connectivity index (χ3n) is 8.97. The monoisotopic (exact) mass is 704 g/mol. The number of amides is 4. The van der Waals surface area contributed by atoms with Gasteiger partial charge in [-0.2, -0.15) is 0 Å². The van der Waals surface area contributed by atoms with Crippen molar-refractivity contribution in [3.05, 3.63) is 29.8 Å². The standard InChI is InChI=1S/C24H37N5O5.C8H18.C6H12.C2H6/c1-5-34-23(32)18(3)27-24(33)26-17(2)14-22(31)28-12-10-20(11-13-28)29(16-30)15-19-8-6-7-9-21(19)25-4;1-4-6-8(3)7-5-2;1-2-4-6-5-3-1;1-2/h6-9,16-18,20,25H,5,10-15H2,1-4H3,(H2,26,27,33);8H,4-7H2,1-3H3;1-6H2;1-2H3. The third kappa shape index (κ3) is 20.4. The Morgan fingerprint density at radius 2 is 1.44 bits per heavy atom. The molecular formula is C40H73N5O5. The molecule has 2 fully saturated rings. The number of benzene rings is 1. The molecule has 3 rings (SSSR count). The van der Waals surface area contributed by atoms with Crippen molar-refractivity contribution in [3.63, 3.8) is 0 Å². The number of carbonyl (C=O) groups excluding carboxylic acids is 4. The van der Waals surface area contributed by atoms with Crippen LogP contribution in [0.1, 0.15) is 144 Å². The van der Waals surface area contributed by atoms with Gasteiger partial charge >= 0.3 is 12.0 Å². The number of ether oxygens (including phenoxy) is 1. The van der Waals surface area contributed by atoms with Crippen LogP contribution < -0.4 is 16.0 Å². The van der Waals surface area contributed by atoms with Crippen LogP contribution in [0.5, 0.6) is 0 Å². The van der Waals surface area contributed by atoms with Gasteiger partial charge in [-0.3, -0.25) is 9.59 Å². The summed E-state index contributed by atoms with van der Waals surface area (Å²) in [6.45, 7) is 17.7. The minimum Gasteiger partial charge on any atom is -0.464 e. The quantitative estimate of drug-likeness (QED) is 0.125. The molecule has 2 aliphatic rings. The molecule has 4 amide bonds. The van der Waals surface area contributed by atoms with Gasteiger partial charge in [0.1, 0.15) is 6.04 Å². The molecule has 50 heavy (non-hydrogen) atoms. The zero-order valence-electron chi connectivity index (χ0n) is 33.2. The molecular weight excluding hydrogens is 630 g/mol. The van der Waals surface area contributed by atoms with Crippen molar-refractivity contribution in [2.45, 2.75) is 164 Å². The molecule has 1 aromatic carbocycles. The van der Waals surface area contributed by atoms with Crippen LogP contribution in [0.25, 0.3) is 0 Å². The van der Waals surface area contributed by atoms with Gasteiger partial charge in [0.2, 0.25) is 12.3 Å². The highest BCUT2D eigenvalue weighted by Crippen LogP contribution is 2.22. The minimum atomic E-state index is -0.775. The van der Waals surface area contributed by atoms with Crippen LogP contribution in [0.4, 0.5) is 10.5 Å². The Hall–Kier alpha value is -3.30. The zero-order valence-corrected chi connectivity index (χ0v) is 33.2. The molecule has 288 valence electrons. The van der Waals surface area contributed by atoms with Gasteiger partial charge in [-0.1, -0.05) is 117 Å². The predicted molar refractivity (Wildman–Crippen MR) is 207 cm³/mol. The largest absolute Gasteiger partial charge is 0.464 e. The first-order chi connectivity index (χ1) is 24.1. The Morgan fingerprint density at radius 1 is 0.900 bits per heavy atom. The van der Waals surface area contributed by atoms with Gasteiger partial charge in [0.05, 0.1) is 6.61 Å². The van der Waals surface area contributed by atoms with Crippen LogP contribution in [0, 0.1) is 5.92 Å². The maximum absolute atomic E-state index is 12.7. The molecule has 10 heteroatoms. The van der Waals surface area contributed by atoms with Gasteiger partial charge in [0.15, 0.2) is 0 Å². The van der Waals surface area contributed by atoms with E-state index in [1.54, 1.807) is 23.6 Å². The summed E-state index contributed by atoms with van der Waals surface area (Å²) in [5.74, 6) is 0.399. The van der Waals surface area contributed by atoms with Crippen molar-refractivity contribution in [2.75, 3.05) is 32.1 Å². The predicted octanol–water partition coefficient (Wildman–Crippen LogP) is 8.30. The Morgan fingerprint density at radius 3 is 1.92 bits per heavy atom. The molecule has 1 saturated heterocycles. The number of para-hydroxylation sites is 1. The lowest BCUT2D eigenvalue weighted by Gasteiger charge is -2.37. The summed E-state index contributed by atoms with van der Waals surface area (Å²) in [6, 6.07) is 6.25. The number of nitrogens with zero attached hydrogens (tertiary/aromatic N) is 2. The minimum absolute atomic E-state index is 0.0529. The fourth-order valence-electron chi connectivity index (χ4n) is 6.22. The Labute approximate surface area is 305 Å². The molecule has 0 radical (unpaired) electrons. The molecule has 3 N–H and O–H groups in total. The van der Waals surface area contributed by atoms with Crippen LogP contribution in [-0.4, -0.2) is 79.0 Å². The smallest absolute Gasteiger partial charge is 0.328 e. The number of anilines is 1. The average molecular weight is 704 g/mol. The number of esters is 1. The van der Waals surface area contributed by atoms with Crippen molar-refractivity contribution in [3.8, 4) is 0 Å². The fraction of sp³-hybridized carbons (Fsp3) is 0.750. The van der Waals surface area contributed by atoms with Crippen molar-refractivity contribution >= 4 is 30.0 Å². The number of hydrogen-bond acceptors (Lipinski definition) is 6. The summed E-state index contributed by atoms with van der Waals surface area (Å²) in [5.41, 5.74) is 2.04. The van der Waals surface area contributed by atoms with Crippen LogP contribution in [-0.2, 0) is 25.7 Å². The molecule has 0 bridgehead atoms. The Kier molecular flexibility index (Phi) is 27.5. The summed E-state index contributed by atoms with van der Waals surface area (Å²) < 4.78 is 4.86. The maximum atomic E-state index is 12.7. The maximum Gasteiger partial charge on any atom is 0.328 e. The first kappa shape index (κ1) is 46.7. The second-order valence-electron chi connectivity index (χ2n) is 13.3. The lowest BCUT2D eigenvalue weighted by Crippen LogP contribution is -2.50. The molecule has 1 aromatic rings. The number of carbonyl (C=O) groups is 4. The summed E-state index contributed by atoms with van der Waals surface area (Å²) in [6.07, 6.45) is 17.0. The lowest BCUT2D eigenvalue weighted by molar-refractivity contribution is -0.145. The van der Waals surface area contributed by atoms with Gasteiger partial charge in [-0.15, -0.1) is 0 Å². The molecule has 0 spiro atoms. The van der Waals surface area contributed by atoms with Crippen LogP contribution in [0.3, 0.4) is 0 Å². The van der Waals surface area contributed by atoms with Gasteiger partial charge in [0, 0.05) is 50.9 Å². The Bertz CT molecular complexity index is 1030. The number of likely N-dealkylation sites (tertiary alicyclic amines) is 1. The number of piperidine rings is 1. The summed E-state index contributed by atoms with van der Waals surface area (Å²) >= 11 is 0. The van der Waals surface area contributed by atoms with E-state index in [4.69, 9.17) is 4.74 Å². The highest BCUT2D eigenvalue weighted by atomic mass is 16.5. The topological polar surface area (TPSA) is 120 Å². The van der Waals surface area contributed by atoms with E-state index in [1.807, 2.05) is 45.2 Å². The molecule has 10 nitrogen and oxygen atoms in total. The zero-order chi connectivity index (χ0) is 37.7. The van der Waals surface area contributed by atoms with Crippen molar-refractivity contribution < 1.29 is 23.9 Å². The number of rotatable bonds is 15. The van der Waals surface area contributed by atoms with Crippen molar-refractivity contribution in [1.82, 2.24) is 20.4 Å². The first-order valence-electron chi connectivity index (χ1n) is 19.6.